The van der Waals surface area contributed by atoms with E-state index < -0.39 is 265 Å². The molecule has 37 heteroatoms. The summed E-state index contributed by atoms with van der Waals surface area (Å²) in [4.78, 5) is 79.2. The van der Waals surface area contributed by atoms with Crippen LogP contribution < -0.4 is 16.0 Å². The van der Waals surface area contributed by atoms with E-state index in [0.717, 1.165) is 85.0 Å². The van der Waals surface area contributed by atoms with Crippen molar-refractivity contribution >= 4 is 35.4 Å². The SMILES string of the molecule is CCCCCCCCCCCCCCCCCC(=O)N[C@@H](CO[C@@H]1O[C@H](CO)[C@@H](O[C@@H]2O[C@H](CO)[C@H](O[C@@H]3O[C@H](CO)[C@H](O)[C@H](O)[C@H]3CC(C)=O)[C@H](O[C@]3(C(=O)O)C[C@H](O)[C@@H](NC(C)=O)C([C@H](O)[C@@H](CO)O[C@]4(C(=O)O)C[C@H](O)[C@@H](NC(C)=O)C([C@H](O)[C@H](O)CO)O4)O3)[C@H]2O)[C@H](O)[C@H]1O)[C@H](O)CCCCCCCCCCCCCCC. The van der Waals surface area contributed by atoms with Crippen LogP contribution in [-0.2, 0) is 76.1 Å². The third-order valence-electron chi connectivity index (χ3n) is 22.6. The van der Waals surface area contributed by atoms with E-state index >= 15 is 0 Å². The lowest BCUT2D eigenvalue weighted by molar-refractivity contribution is -0.404. The molecular formula is C79H141N3O34. The average molecular weight is 1680 g/mol. The van der Waals surface area contributed by atoms with Crippen molar-refractivity contribution in [3.05, 3.63) is 0 Å². The van der Waals surface area contributed by atoms with Gasteiger partial charge in [-0.3, -0.25) is 14.4 Å². The molecule has 0 aromatic rings. The Bertz CT molecular complexity index is 2810. The molecule has 21 N–H and O–H groups in total. The quantitative estimate of drug-likeness (QED) is 0.0345. The first-order valence-electron chi connectivity index (χ1n) is 42.3. The van der Waals surface area contributed by atoms with Gasteiger partial charge in [0.05, 0.1) is 82.2 Å². The predicted molar refractivity (Wildman–Crippen MR) is 408 cm³/mol. The van der Waals surface area contributed by atoms with Crippen LogP contribution in [0.15, 0.2) is 0 Å². The van der Waals surface area contributed by atoms with E-state index in [4.69, 9.17) is 47.4 Å². The number of carbonyl (C=O) groups is 6. The molecule has 5 aliphatic heterocycles. The van der Waals surface area contributed by atoms with E-state index in [2.05, 4.69) is 29.8 Å². The van der Waals surface area contributed by atoms with E-state index in [1.54, 1.807) is 0 Å². The van der Waals surface area contributed by atoms with Gasteiger partial charge in [0.15, 0.2) is 18.9 Å². The van der Waals surface area contributed by atoms with Gasteiger partial charge in [0.2, 0.25) is 17.7 Å². The molecule has 0 radical (unpaired) electrons. The molecule has 5 saturated heterocycles. The van der Waals surface area contributed by atoms with E-state index in [1.807, 2.05) is 0 Å². The Kier molecular flexibility index (Phi) is 46.9. The van der Waals surface area contributed by atoms with Crippen LogP contribution in [0.2, 0.25) is 0 Å². The van der Waals surface area contributed by atoms with Gasteiger partial charge in [0, 0.05) is 45.4 Å². The molecule has 676 valence electrons. The summed E-state index contributed by atoms with van der Waals surface area (Å²) >= 11 is 0. The van der Waals surface area contributed by atoms with Gasteiger partial charge in [-0.25, -0.2) is 9.59 Å². The molecule has 0 spiro atoms. The zero-order chi connectivity index (χ0) is 85.8. The molecule has 5 fully saturated rings. The monoisotopic (exact) mass is 1680 g/mol. The maximum absolute atomic E-state index is 14.2. The molecule has 5 rings (SSSR count). The van der Waals surface area contributed by atoms with Crippen LogP contribution in [-0.4, -0.2) is 338 Å². The van der Waals surface area contributed by atoms with Gasteiger partial charge >= 0.3 is 11.9 Å². The molecule has 3 amide bonds. The topological polar surface area (TPSA) is 595 Å². The van der Waals surface area contributed by atoms with Crippen molar-refractivity contribution in [2.75, 3.05) is 39.6 Å². The maximum Gasteiger partial charge on any atom is 0.364 e. The third-order valence-corrected chi connectivity index (χ3v) is 22.6. The van der Waals surface area contributed by atoms with Crippen molar-refractivity contribution in [3.8, 4) is 0 Å². The largest absolute Gasteiger partial charge is 0.477 e. The molecule has 0 saturated carbocycles. The highest BCUT2D eigenvalue weighted by Gasteiger charge is 2.64. The lowest BCUT2D eigenvalue weighted by atomic mass is 9.86. The number of aliphatic hydroxyl groups is 16. The van der Waals surface area contributed by atoms with Crippen molar-refractivity contribution in [2.24, 2.45) is 5.92 Å². The fraction of sp³-hybridized carbons (Fsp3) is 0.924. The summed E-state index contributed by atoms with van der Waals surface area (Å²) in [6, 6.07) is -4.86. The Morgan fingerprint density at radius 1 is 0.457 bits per heavy atom. The van der Waals surface area contributed by atoms with Crippen LogP contribution >= 0.6 is 0 Å². The lowest BCUT2D eigenvalue weighted by Crippen LogP contribution is -2.72. The number of carbonyl (C=O) groups excluding carboxylic acids is 4. The van der Waals surface area contributed by atoms with E-state index in [9.17, 15) is 121 Å². The van der Waals surface area contributed by atoms with Crippen molar-refractivity contribution in [2.45, 2.75) is 417 Å². The van der Waals surface area contributed by atoms with Gasteiger partial charge in [-0.2, -0.15) is 0 Å². The van der Waals surface area contributed by atoms with Gasteiger partial charge in [-0.05, 0) is 19.8 Å². The van der Waals surface area contributed by atoms with Crippen molar-refractivity contribution in [3.63, 3.8) is 0 Å². The van der Waals surface area contributed by atoms with Crippen LogP contribution in [0, 0.1) is 5.92 Å². The minimum atomic E-state index is -3.57. The van der Waals surface area contributed by atoms with Crippen LogP contribution in [0.25, 0.3) is 0 Å². The molecule has 0 aromatic carbocycles. The van der Waals surface area contributed by atoms with E-state index in [0.29, 0.717) is 12.8 Å². The van der Waals surface area contributed by atoms with Crippen LogP contribution in [0.1, 0.15) is 247 Å². The van der Waals surface area contributed by atoms with Gasteiger partial charge in [0.1, 0.15) is 103 Å². The van der Waals surface area contributed by atoms with Gasteiger partial charge < -0.3 is 160 Å². The van der Waals surface area contributed by atoms with Crippen molar-refractivity contribution in [1.82, 2.24) is 16.0 Å². The number of hydrogen-bond donors (Lipinski definition) is 21. The smallest absolute Gasteiger partial charge is 0.364 e. The second-order valence-electron chi connectivity index (χ2n) is 32.1. The molecule has 37 nitrogen and oxygen atoms in total. The zero-order valence-corrected chi connectivity index (χ0v) is 68.2. The van der Waals surface area contributed by atoms with Crippen molar-refractivity contribution < 1.29 is 168 Å². The molecule has 2 unspecified atom stereocenters. The van der Waals surface area contributed by atoms with E-state index in [1.165, 1.54) is 103 Å². The second kappa shape index (κ2) is 53.1. The number of rotatable bonds is 58. The highest BCUT2D eigenvalue weighted by molar-refractivity contribution is 5.78. The van der Waals surface area contributed by atoms with Crippen LogP contribution in [0.5, 0.6) is 0 Å². The molecule has 0 aliphatic carbocycles. The second-order valence-corrected chi connectivity index (χ2v) is 32.1. The molecule has 0 bridgehead atoms. The summed E-state index contributed by atoms with van der Waals surface area (Å²) < 4.78 is 60.2. The zero-order valence-electron chi connectivity index (χ0n) is 68.2. The number of aliphatic hydroxyl groups excluding tert-OH is 16. The number of carboxylic acids is 2. The summed E-state index contributed by atoms with van der Waals surface area (Å²) in [5.41, 5.74) is 0. The number of Topliss-reactive ketones (excluding diaryl/α,β-unsaturated/α-hetero) is 1. The number of amides is 3. The molecule has 116 heavy (non-hydrogen) atoms. The number of unbranched alkanes of at least 4 members (excludes halogenated alkanes) is 26. The third kappa shape index (κ3) is 31.1. The first-order chi connectivity index (χ1) is 55.3. The molecule has 0 aromatic heterocycles. The first kappa shape index (κ1) is 103. The molecule has 5 aliphatic rings. The number of aliphatic carboxylic acids is 2. The number of nitrogens with one attached hydrogen (secondary N) is 3. The Morgan fingerprint density at radius 3 is 1.34 bits per heavy atom. The van der Waals surface area contributed by atoms with Crippen molar-refractivity contribution in [1.29, 1.82) is 0 Å². The number of hydrogen-bond acceptors (Lipinski definition) is 32. The summed E-state index contributed by atoms with van der Waals surface area (Å²) in [6.45, 7) is 0.793. The Balaban J connectivity index is 1.43. The number of ketones is 1. The fourth-order valence-electron chi connectivity index (χ4n) is 16.0. The van der Waals surface area contributed by atoms with Crippen LogP contribution in [0.4, 0.5) is 0 Å². The molecule has 5 heterocycles. The highest BCUT2D eigenvalue weighted by Crippen LogP contribution is 2.43. The summed E-state index contributed by atoms with van der Waals surface area (Å²) in [6.07, 6.45) is -21.0. The minimum Gasteiger partial charge on any atom is -0.477 e. The number of carboxylic acid groups (broad SMARTS) is 2. The Labute approximate surface area is 679 Å². The number of ether oxygens (including phenoxy) is 10. The molecular weight excluding hydrogens is 1530 g/mol. The summed E-state index contributed by atoms with van der Waals surface area (Å²) in [7, 11) is 0. The van der Waals surface area contributed by atoms with Gasteiger partial charge in [-0.15, -0.1) is 0 Å². The fourth-order valence-corrected chi connectivity index (χ4v) is 16.0. The predicted octanol–water partition coefficient (Wildman–Crippen LogP) is -0.378. The van der Waals surface area contributed by atoms with Gasteiger partial charge in [-0.1, -0.05) is 187 Å². The lowest BCUT2D eigenvalue weighted by Gasteiger charge is -2.52. The Hall–Kier alpha value is -4.02. The summed E-state index contributed by atoms with van der Waals surface area (Å²) in [5, 5.41) is 211. The maximum atomic E-state index is 14.2. The summed E-state index contributed by atoms with van der Waals surface area (Å²) in [5.74, 6) is -15.8. The normalized spacial score (nSPS) is 33.3. The van der Waals surface area contributed by atoms with Gasteiger partial charge in [0.25, 0.3) is 11.6 Å². The average Bonchev–Trinajstić information content (AvgIpc) is 0.751. The first-order valence-corrected chi connectivity index (χ1v) is 42.3. The Morgan fingerprint density at radius 2 is 0.888 bits per heavy atom. The van der Waals surface area contributed by atoms with E-state index in [-0.39, 0.29) is 18.7 Å². The minimum absolute atomic E-state index is 0.139. The molecule has 29 atom stereocenters. The highest BCUT2D eigenvalue weighted by atomic mass is 16.8. The van der Waals surface area contributed by atoms with Crippen LogP contribution in [0.3, 0.4) is 0 Å². The standard InChI is InChI=1S/C79H141N3O34/c1-6-8-10-12-14-16-18-20-21-23-25-27-29-31-33-35-58(95)82-49(50(91)34-32-30-28-26-24-22-19-17-15-13-11-9-7-2)44-107-74-66(101)65(100)68(56(42-86)109-74)111-75-67(102)72(69(57(43-87)110-75)112-73-48(36-45(3)88)61(96)63(98)54(40-84)108-73)116-79(77(105)106)38-52(93)60(81-47(5)90)71(115-79)64(99)55(41-85)113-78(76(103)104)37-51(92)59(80-46(4)89)70(114-78)62(97)53(94)39-83/h48-57,59-75,83-87,91-94,96-102H,6-44H2,1-5H3,(H,80,89)(H,81,90)(H,82,95)(H,103,104)(H,105,106)/t48-,49+,50-,51+,52+,53-,54-,55-,56-,57-,59-,60-,61-,62-,63+,64-,65-,66-,67-,68-,69+,70?,71?,72-,73+,74-,75+,78-,79+/m1/s1.